The number of carbonyl (C=O) groups is 2. The Morgan fingerprint density at radius 2 is 2.04 bits per heavy atom. The van der Waals surface area contributed by atoms with Crippen LogP contribution in [0.25, 0.3) is 0 Å². The molecule has 136 valence electrons. The van der Waals surface area contributed by atoms with E-state index in [2.05, 4.69) is 17.2 Å². The minimum atomic E-state index is -0.511. The van der Waals surface area contributed by atoms with Crippen molar-refractivity contribution in [3.8, 4) is 0 Å². The zero-order valence-corrected chi connectivity index (χ0v) is 15.2. The van der Waals surface area contributed by atoms with E-state index in [1.165, 1.54) is 6.08 Å². The number of aliphatic hydroxyl groups is 1. The summed E-state index contributed by atoms with van der Waals surface area (Å²) in [4.78, 5) is 23.7. The highest BCUT2D eigenvalue weighted by Gasteiger charge is 2.16. The predicted octanol–water partition coefficient (Wildman–Crippen LogP) is 3.17. The first-order chi connectivity index (χ1) is 12.4. The highest BCUT2D eigenvalue weighted by Crippen LogP contribution is 2.21. The molecule has 1 atom stereocenters. The van der Waals surface area contributed by atoms with Crippen LogP contribution >= 0.6 is 11.6 Å². The Bertz CT molecular complexity index is 820. The van der Waals surface area contributed by atoms with Gasteiger partial charge in [0, 0.05) is 10.7 Å². The van der Waals surface area contributed by atoms with E-state index in [1.807, 2.05) is 6.92 Å². The lowest BCUT2D eigenvalue weighted by atomic mass is 10.0. The Morgan fingerprint density at radius 1 is 1.27 bits per heavy atom. The number of aliphatic hydroxyl groups excluding tert-OH is 1. The molecule has 0 aromatic heterocycles. The van der Waals surface area contributed by atoms with Crippen molar-refractivity contribution < 1.29 is 14.7 Å². The van der Waals surface area contributed by atoms with Gasteiger partial charge < -0.3 is 15.7 Å². The van der Waals surface area contributed by atoms with E-state index >= 15 is 0 Å². The van der Waals surface area contributed by atoms with E-state index in [0.29, 0.717) is 10.7 Å². The Balaban J connectivity index is 2.06. The molecule has 0 spiro atoms. The SMILES string of the molecule is C=CC(=O)Nc1cccc(CC(=O)NC(CO)c2ccc(Cl)cc2C)c1. The summed E-state index contributed by atoms with van der Waals surface area (Å²) < 4.78 is 0. The van der Waals surface area contributed by atoms with Crippen molar-refractivity contribution in [2.24, 2.45) is 0 Å². The van der Waals surface area contributed by atoms with Gasteiger partial charge in [-0.2, -0.15) is 0 Å². The fraction of sp³-hybridized carbons (Fsp3) is 0.200. The molecule has 2 aromatic carbocycles. The summed E-state index contributed by atoms with van der Waals surface area (Å²) in [6.07, 6.45) is 1.31. The summed E-state index contributed by atoms with van der Waals surface area (Å²) in [6, 6.07) is 11.8. The number of rotatable bonds is 7. The second-order valence-electron chi connectivity index (χ2n) is 5.87. The maximum absolute atomic E-state index is 12.4. The van der Waals surface area contributed by atoms with Gasteiger partial charge in [-0.25, -0.2) is 0 Å². The van der Waals surface area contributed by atoms with Crippen LogP contribution in [0, 0.1) is 6.92 Å². The molecule has 3 N–H and O–H groups in total. The molecule has 5 nitrogen and oxygen atoms in total. The molecule has 0 aliphatic carbocycles. The van der Waals surface area contributed by atoms with Crippen LogP contribution in [0.2, 0.25) is 5.02 Å². The fourth-order valence-electron chi connectivity index (χ4n) is 2.63. The lowest BCUT2D eigenvalue weighted by Gasteiger charge is -2.19. The smallest absolute Gasteiger partial charge is 0.247 e. The first kappa shape index (κ1) is 19.7. The van der Waals surface area contributed by atoms with Crippen LogP contribution in [0.1, 0.15) is 22.7 Å². The zero-order valence-electron chi connectivity index (χ0n) is 14.5. The van der Waals surface area contributed by atoms with Crippen molar-refractivity contribution in [1.29, 1.82) is 0 Å². The molecule has 0 heterocycles. The van der Waals surface area contributed by atoms with E-state index in [4.69, 9.17) is 11.6 Å². The van der Waals surface area contributed by atoms with Crippen LogP contribution in [0.15, 0.2) is 55.1 Å². The topological polar surface area (TPSA) is 78.4 Å². The largest absolute Gasteiger partial charge is 0.394 e. The normalized spacial score (nSPS) is 11.5. The Hall–Kier alpha value is -2.63. The maximum Gasteiger partial charge on any atom is 0.247 e. The lowest BCUT2D eigenvalue weighted by molar-refractivity contribution is -0.121. The van der Waals surface area contributed by atoms with Crippen molar-refractivity contribution in [2.45, 2.75) is 19.4 Å². The van der Waals surface area contributed by atoms with Crippen molar-refractivity contribution in [3.63, 3.8) is 0 Å². The van der Waals surface area contributed by atoms with Gasteiger partial charge in [0.1, 0.15) is 0 Å². The molecule has 0 radical (unpaired) electrons. The van der Waals surface area contributed by atoms with Gasteiger partial charge in [-0.3, -0.25) is 9.59 Å². The Kier molecular flexibility index (Phi) is 6.95. The summed E-state index contributed by atoms with van der Waals surface area (Å²) in [5, 5.41) is 15.7. The number of nitrogens with one attached hydrogen (secondary N) is 2. The maximum atomic E-state index is 12.4. The number of benzene rings is 2. The van der Waals surface area contributed by atoms with Gasteiger partial charge in [-0.1, -0.05) is 36.4 Å². The minimum Gasteiger partial charge on any atom is -0.394 e. The van der Waals surface area contributed by atoms with E-state index in [-0.39, 0.29) is 24.8 Å². The first-order valence-electron chi connectivity index (χ1n) is 8.11. The number of anilines is 1. The third-order valence-electron chi connectivity index (χ3n) is 3.87. The minimum absolute atomic E-state index is 0.126. The van der Waals surface area contributed by atoms with Gasteiger partial charge in [-0.05, 0) is 54.0 Å². The van der Waals surface area contributed by atoms with E-state index < -0.39 is 6.04 Å². The number of hydrogen-bond donors (Lipinski definition) is 3. The van der Waals surface area contributed by atoms with Crippen molar-refractivity contribution in [2.75, 3.05) is 11.9 Å². The molecule has 0 saturated heterocycles. The van der Waals surface area contributed by atoms with E-state index in [1.54, 1.807) is 42.5 Å². The monoisotopic (exact) mass is 372 g/mol. The molecule has 0 aliphatic heterocycles. The van der Waals surface area contributed by atoms with Gasteiger partial charge in [-0.15, -0.1) is 0 Å². The number of hydrogen-bond acceptors (Lipinski definition) is 3. The van der Waals surface area contributed by atoms with Crippen LogP contribution in [-0.2, 0) is 16.0 Å². The standard InChI is InChI=1S/C20H21ClN2O3/c1-3-19(25)22-16-6-4-5-14(10-16)11-20(26)23-18(12-24)17-8-7-15(21)9-13(17)2/h3-10,18,24H,1,11-12H2,2H3,(H,22,25)(H,23,26). The molecule has 2 rings (SSSR count). The highest BCUT2D eigenvalue weighted by atomic mass is 35.5. The summed E-state index contributed by atoms with van der Waals surface area (Å²) in [5.74, 6) is -0.546. The molecule has 2 amide bonds. The van der Waals surface area contributed by atoms with Gasteiger partial charge in [0.2, 0.25) is 11.8 Å². The summed E-state index contributed by atoms with van der Waals surface area (Å²) in [5.41, 5.74) is 3.05. The van der Waals surface area contributed by atoms with Crippen LogP contribution in [0.3, 0.4) is 0 Å². The first-order valence-corrected chi connectivity index (χ1v) is 8.49. The highest BCUT2D eigenvalue weighted by molar-refractivity contribution is 6.30. The van der Waals surface area contributed by atoms with E-state index in [0.717, 1.165) is 16.7 Å². The van der Waals surface area contributed by atoms with Crippen molar-refractivity contribution in [3.05, 3.63) is 76.8 Å². The van der Waals surface area contributed by atoms with Gasteiger partial charge in [0.25, 0.3) is 0 Å². The third-order valence-corrected chi connectivity index (χ3v) is 4.10. The molecule has 0 fully saturated rings. The number of carbonyl (C=O) groups excluding carboxylic acids is 2. The average molecular weight is 373 g/mol. The van der Waals surface area contributed by atoms with Crippen molar-refractivity contribution >= 4 is 29.1 Å². The van der Waals surface area contributed by atoms with Crippen LogP contribution in [-0.4, -0.2) is 23.5 Å². The number of aryl methyl sites for hydroxylation is 1. The molecule has 0 bridgehead atoms. The number of halogens is 1. The molecule has 6 heteroatoms. The molecule has 0 aliphatic rings. The molecule has 2 aromatic rings. The average Bonchev–Trinajstić information content (AvgIpc) is 2.60. The fourth-order valence-corrected chi connectivity index (χ4v) is 2.86. The molecular formula is C20H21ClN2O3. The summed E-state index contributed by atoms with van der Waals surface area (Å²) in [6.45, 7) is 5.06. The lowest BCUT2D eigenvalue weighted by Crippen LogP contribution is -2.32. The second kappa shape index (κ2) is 9.17. The van der Waals surface area contributed by atoms with Crippen molar-refractivity contribution in [1.82, 2.24) is 5.32 Å². The number of amides is 2. The quantitative estimate of drug-likeness (QED) is 0.653. The van der Waals surface area contributed by atoms with Gasteiger partial charge >= 0.3 is 0 Å². The van der Waals surface area contributed by atoms with Crippen LogP contribution < -0.4 is 10.6 Å². The second-order valence-corrected chi connectivity index (χ2v) is 6.31. The Labute approximate surface area is 157 Å². The predicted molar refractivity (Wildman–Crippen MR) is 103 cm³/mol. The van der Waals surface area contributed by atoms with Gasteiger partial charge in [0.15, 0.2) is 0 Å². The summed E-state index contributed by atoms with van der Waals surface area (Å²) in [7, 11) is 0. The van der Waals surface area contributed by atoms with Gasteiger partial charge in [0.05, 0.1) is 19.1 Å². The molecule has 26 heavy (non-hydrogen) atoms. The van der Waals surface area contributed by atoms with Crippen LogP contribution in [0.5, 0.6) is 0 Å². The molecule has 1 unspecified atom stereocenters. The zero-order chi connectivity index (χ0) is 19.1. The third kappa shape index (κ3) is 5.44. The molecular weight excluding hydrogens is 352 g/mol. The Morgan fingerprint density at radius 3 is 2.69 bits per heavy atom. The molecule has 0 saturated carbocycles. The summed E-state index contributed by atoms with van der Waals surface area (Å²) >= 11 is 5.95. The van der Waals surface area contributed by atoms with E-state index in [9.17, 15) is 14.7 Å². The van der Waals surface area contributed by atoms with Crippen LogP contribution in [0.4, 0.5) is 5.69 Å².